The molecule has 1 aromatic rings. The molecule has 20 heteroatoms. The number of urea groups is 1. The van der Waals surface area contributed by atoms with Crippen LogP contribution >= 0.6 is 0 Å². The van der Waals surface area contributed by atoms with Crippen molar-refractivity contribution < 1.29 is 67.0 Å². The number of nitrogens with one attached hydrogen (secondary N) is 5. The van der Waals surface area contributed by atoms with Gasteiger partial charge < -0.3 is 75.3 Å². The zero-order valence-electron chi connectivity index (χ0n) is 35.6. The third-order valence-corrected chi connectivity index (χ3v) is 8.31. The number of hydrogen-bond acceptors (Lipinski definition) is 14. The number of aliphatic hydroxyl groups excluding tert-OH is 1. The predicted octanol–water partition coefficient (Wildman–Crippen LogP) is 0.241. The molecular formula is C40H70N6O14. The van der Waals surface area contributed by atoms with Gasteiger partial charge in [-0.15, -0.1) is 0 Å². The fraction of sp³-hybridized carbons (Fsp3) is 0.725. The molecule has 0 saturated heterocycles. The van der Waals surface area contributed by atoms with Crippen molar-refractivity contribution >= 4 is 35.3 Å². The number of aliphatic hydroxyl groups is 1. The number of methoxy groups -OCH3 is 1. The van der Waals surface area contributed by atoms with Crippen LogP contribution in [0.25, 0.3) is 0 Å². The zero-order valence-corrected chi connectivity index (χ0v) is 35.6. The van der Waals surface area contributed by atoms with Gasteiger partial charge in [-0.1, -0.05) is 26.0 Å². The van der Waals surface area contributed by atoms with Crippen LogP contribution in [0.5, 0.6) is 0 Å². The fourth-order valence-corrected chi connectivity index (χ4v) is 5.08. The third-order valence-electron chi connectivity index (χ3n) is 8.31. The molecule has 0 bridgehead atoms. The van der Waals surface area contributed by atoms with Gasteiger partial charge in [-0.05, 0) is 42.9 Å². The maximum Gasteiger partial charge on any atom is 0.312 e. The van der Waals surface area contributed by atoms with Gasteiger partial charge in [0.05, 0.1) is 106 Å². The summed E-state index contributed by atoms with van der Waals surface area (Å²) in [4.78, 5) is 62.6. The Morgan fingerprint density at radius 3 is 1.55 bits per heavy atom. The maximum atomic E-state index is 13.3. The van der Waals surface area contributed by atoms with Gasteiger partial charge >= 0.3 is 6.03 Å². The molecule has 0 heterocycles. The Morgan fingerprint density at radius 1 is 0.600 bits per heavy atom. The molecule has 0 unspecified atom stereocenters. The molecule has 0 aromatic heterocycles. The fourth-order valence-electron chi connectivity index (χ4n) is 5.08. The quantitative estimate of drug-likeness (QED) is 0.0438. The summed E-state index contributed by atoms with van der Waals surface area (Å²) in [5.41, 5.74) is 6.27. The molecule has 0 aliphatic rings. The molecule has 20 nitrogen and oxygen atoms in total. The van der Waals surface area contributed by atoms with E-state index < -0.39 is 35.8 Å². The van der Waals surface area contributed by atoms with E-state index >= 15 is 0 Å². The van der Waals surface area contributed by atoms with Crippen LogP contribution in [0.2, 0.25) is 0 Å². The van der Waals surface area contributed by atoms with Crippen molar-refractivity contribution in [2.75, 3.05) is 125 Å². The highest BCUT2D eigenvalue weighted by Crippen LogP contribution is 2.12. The molecule has 1 aromatic carbocycles. The van der Waals surface area contributed by atoms with Crippen molar-refractivity contribution in [3.8, 4) is 0 Å². The van der Waals surface area contributed by atoms with Gasteiger partial charge in [-0.2, -0.15) is 0 Å². The summed E-state index contributed by atoms with van der Waals surface area (Å²) in [5.74, 6) is -2.01. The van der Waals surface area contributed by atoms with Crippen molar-refractivity contribution in [2.24, 2.45) is 11.7 Å². The lowest BCUT2D eigenvalue weighted by Gasteiger charge is -2.25. The molecule has 0 saturated carbocycles. The summed E-state index contributed by atoms with van der Waals surface area (Å²) in [6.45, 7) is 10.7. The lowest BCUT2D eigenvalue weighted by Crippen LogP contribution is -2.54. The molecule has 0 radical (unpaired) electrons. The highest BCUT2D eigenvalue weighted by atomic mass is 16.6. The average molecular weight is 859 g/mol. The predicted molar refractivity (Wildman–Crippen MR) is 221 cm³/mol. The van der Waals surface area contributed by atoms with E-state index in [-0.39, 0.29) is 50.7 Å². The Bertz CT molecular complexity index is 1290. The van der Waals surface area contributed by atoms with Gasteiger partial charge in [-0.3, -0.25) is 19.2 Å². The summed E-state index contributed by atoms with van der Waals surface area (Å²) in [6, 6.07) is 3.93. The van der Waals surface area contributed by atoms with Crippen molar-refractivity contribution in [1.29, 1.82) is 0 Å². The lowest BCUT2D eigenvalue weighted by atomic mass is 10.0. The molecule has 0 aliphatic carbocycles. The number of rotatable bonds is 39. The van der Waals surface area contributed by atoms with Gasteiger partial charge in [0, 0.05) is 38.7 Å². The average Bonchev–Trinajstić information content (AvgIpc) is 3.22. The first kappa shape index (κ1) is 54.0. The maximum absolute atomic E-state index is 13.3. The molecule has 6 amide bonds. The SMILES string of the molecule is COCCOCCOCCOCCOCCOCCOCCOCCNC(=O)CCCC(=O)N[C@H](C(=O)N[C@@H](CCCNC(N)=O)C(=O)Nc1ccc(CO)cc1)C(C)C. The van der Waals surface area contributed by atoms with Crippen molar-refractivity contribution in [3.05, 3.63) is 29.8 Å². The van der Waals surface area contributed by atoms with E-state index in [1.165, 1.54) is 0 Å². The Kier molecular flexibility index (Phi) is 33.2. The normalized spacial score (nSPS) is 12.2. The molecule has 0 aliphatic heterocycles. The highest BCUT2D eigenvalue weighted by molar-refractivity contribution is 5.98. The van der Waals surface area contributed by atoms with Gasteiger partial charge in [0.25, 0.3) is 0 Å². The topological polar surface area (TPSA) is 266 Å². The Hall–Kier alpha value is -3.99. The number of anilines is 1. The first-order chi connectivity index (χ1) is 29.1. The number of hydrogen-bond donors (Lipinski definition) is 7. The van der Waals surface area contributed by atoms with Crippen LogP contribution in [0.15, 0.2) is 24.3 Å². The van der Waals surface area contributed by atoms with Crippen LogP contribution in [0.3, 0.4) is 0 Å². The third kappa shape index (κ3) is 30.1. The second-order valence-electron chi connectivity index (χ2n) is 13.6. The van der Waals surface area contributed by atoms with Crippen molar-refractivity contribution in [3.63, 3.8) is 0 Å². The van der Waals surface area contributed by atoms with E-state index in [9.17, 15) is 29.1 Å². The van der Waals surface area contributed by atoms with E-state index in [4.69, 9.17) is 43.6 Å². The molecule has 2 atom stereocenters. The molecule has 0 spiro atoms. The molecule has 60 heavy (non-hydrogen) atoms. The lowest BCUT2D eigenvalue weighted by molar-refractivity contribution is -0.132. The Morgan fingerprint density at radius 2 is 1.08 bits per heavy atom. The largest absolute Gasteiger partial charge is 0.392 e. The Labute approximate surface area is 353 Å². The van der Waals surface area contributed by atoms with E-state index in [0.717, 1.165) is 0 Å². The number of benzene rings is 1. The summed E-state index contributed by atoms with van der Waals surface area (Å²) in [7, 11) is 1.63. The van der Waals surface area contributed by atoms with E-state index in [1.54, 1.807) is 45.2 Å². The minimum atomic E-state index is -0.989. The minimum Gasteiger partial charge on any atom is -0.392 e. The number of carbonyl (C=O) groups excluding carboxylic acids is 5. The van der Waals surface area contributed by atoms with E-state index in [1.807, 2.05) is 0 Å². The smallest absolute Gasteiger partial charge is 0.312 e. The monoisotopic (exact) mass is 858 g/mol. The standard InChI is InChI=1S/C40H70N6O14/c1-31(2)37(39(51)45-34(6-5-13-43-40(41)52)38(50)44-33-11-9-32(30-47)10-12-33)46-36(49)8-4-7-35(48)42-14-15-54-18-19-56-22-23-58-26-27-60-29-28-59-25-24-57-21-20-55-17-16-53-3/h9-12,31,34,37,47H,4-8,13-30H2,1-3H3,(H,42,48)(H,44,50)(H,45,51)(H,46,49)(H3,41,43,52)/t34-,37-/m0/s1. The van der Waals surface area contributed by atoms with E-state index in [0.29, 0.717) is 123 Å². The number of primary amides is 1. The van der Waals surface area contributed by atoms with Crippen molar-refractivity contribution in [1.82, 2.24) is 21.3 Å². The van der Waals surface area contributed by atoms with Crippen LogP contribution < -0.4 is 32.3 Å². The molecular weight excluding hydrogens is 788 g/mol. The number of nitrogens with two attached hydrogens (primary N) is 1. The second-order valence-corrected chi connectivity index (χ2v) is 13.6. The minimum absolute atomic E-state index is 0.0141. The van der Waals surface area contributed by atoms with Gasteiger partial charge in [-0.25, -0.2) is 4.79 Å². The molecule has 1 rings (SSSR count). The first-order valence-corrected chi connectivity index (χ1v) is 20.5. The summed E-state index contributed by atoms with van der Waals surface area (Å²) >= 11 is 0. The number of amides is 6. The summed E-state index contributed by atoms with van der Waals surface area (Å²) in [5, 5.41) is 22.7. The Balaban J connectivity index is 2.16. The molecule has 344 valence electrons. The summed E-state index contributed by atoms with van der Waals surface area (Å²) in [6.07, 6.45) is 0.899. The van der Waals surface area contributed by atoms with Gasteiger partial charge in [0.2, 0.25) is 23.6 Å². The first-order valence-electron chi connectivity index (χ1n) is 20.5. The van der Waals surface area contributed by atoms with Gasteiger partial charge in [0.1, 0.15) is 12.1 Å². The van der Waals surface area contributed by atoms with Gasteiger partial charge in [0.15, 0.2) is 0 Å². The van der Waals surface area contributed by atoms with Crippen LogP contribution in [0.4, 0.5) is 10.5 Å². The molecule has 8 N–H and O–H groups in total. The van der Waals surface area contributed by atoms with Crippen LogP contribution in [0, 0.1) is 5.92 Å². The second kappa shape index (κ2) is 36.8. The number of ether oxygens (including phenoxy) is 8. The molecule has 0 fully saturated rings. The highest BCUT2D eigenvalue weighted by Gasteiger charge is 2.29. The van der Waals surface area contributed by atoms with Crippen LogP contribution in [-0.4, -0.2) is 166 Å². The van der Waals surface area contributed by atoms with Crippen molar-refractivity contribution in [2.45, 2.75) is 64.6 Å². The summed E-state index contributed by atoms with van der Waals surface area (Å²) < 4.78 is 42.9. The van der Waals surface area contributed by atoms with Crippen LogP contribution in [-0.2, 0) is 63.7 Å². The zero-order chi connectivity index (χ0) is 44.1. The van der Waals surface area contributed by atoms with Crippen LogP contribution in [0.1, 0.15) is 51.5 Å². The van der Waals surface area contributed by atoms with E-state index in [2.05, 4.69) is 26.6 Å². The number of carbonyl (C=O) groups is 5.